The number of esters is 2. The normalized spacial score (nSPS) is 11.2. The minimum Gasteiger partial charge on any atom is -0.463 e. The Morgan fingerprint density at radius 2 is 0.533 bits per heavy atom. The Morgan fingerprint density at radius 3 is 0.844 bits per heavy atom. The molecule has 0 radical (unpaired) electrons. The van der Waals surface area contributed by atoms with Gasteiger partial charge < -0.3 is 47.4 Å². The molecule has 0 aliphatic heterocycles. The lowest BCUT2D eigenvalue weighted by molar-refractivity contribution is -0.146. The van der Waals surface area contributed by atoms with E-state index in [1.54, 1.807) is 0 Å². The highest BCUT2D eigenvalue weighted by Crippen LogP contribution is 2.07. The van der Waals surface area contributed by atoms with Crippen LogP contribution in [0.1, 0.15) is 84.5 Å². The van der Waals surface area contributed by atoms with E-state index in [0.717, 1.165) is 32.1 Å². The van der Waals surface area contributed by atoms with Gasteiger partial charge in [0.05, 0.1) is 106 Å². The SMILES string of the molecule is CCCCCCCCC(=O)OCCOCCOCCOCCOCCOCCOCCOCCOCCOC(=O)CCCCC. The third-order valence-electron chi connectivity index (χ3n) is 6.30. The van der Waals surface area contributed by atoms with E-state index in [1.807, 2.05) is 0 Å². The van der Waals surface area contributed by atoms with E-state index < -0.39 is 0 Å². The number of carbonyl (C=O) groups excluding carboxylic acids is 2. The van der Waals surface area contributed by atoms with Gasteiger partial charge in [0.25, 0.3) is 0 Å². The van der Waals surface area contributed by atoms with Crippen LogP contribution in [0.5, 0.6) is 0 Å². The van der Waals surface area contributed by atoms with Gasteiger partial charge in [0.2, 0.25) is 0 Å². The number of hydrogen-bond donors (Lipinski definition) is 0. The molecule has 0 saturated carbocycles. The Labute approximate surface area is 272 Å². The summed E-state index contributed by atoms with van der Waals surface area (Å²) in [5.41, 5.74) is 0. The number of carbonyl (C=O) groups is 2. The van der Waals surface area contributed by atoms with Crippen LogP contribution < -0.4 is 0 Å². The van der Waals surface area contributed by atoms with E-state index in [2.05, 4.69) is 13.8 Å². The van der Waals surface area contributed by atoms with Crippen molar-refractivity contribution in [2.45, 2.75) is 84.5 Å². The van der Waals surface area contributed by atoms with Crippen LogP contribution in [-0.2, 0) is 57.0 Å². The Morgan fingerprint density at radius 1 is 0.311 bits per heavy atom. The lowest BCUT2D eigenvalue weighted by Gasteiger charge is -2.09. The molecule has 0 aromatic carbocycles. The van der Waals surface area contributed by atoms with Crippen molar-refractivity contribution in [2.75, 3.05) is 119 Å². The first-order valence-electron chi connectivity index (χ1n) is 17.1. The van der Waals surface area contributed by atoms with Crippen molar-refractivity contribution in [1.29, 1.82) is 0 Å². The number of rotatable bonds is 38. The first kappa shape index (κ1) is 43.6. The average molecular weight is 653 g/mol. The van der Waals surface area contributed by atoms with Gasteiger partial charge in [-0.3, -0.25) is 9.59 Å². The quantitative estimate of drug-likeness (QED) is 0.0687. The summed E-state index contributed by atoms with van der Waals surface area (Å²) in [5, 5.41) is 0. The van der Waals surface area contributed by atoms with Crippen LogP contribution in [0, 0.1) is 0 Å². The van der Waals surface area contributed by atoms with Gasteiger partial charge in [-0.05, 0) is 12.8 Å². The Kier molecular flexibility index (Phi) is 37.6. The van der Waals surface area contributed by atoms with Crippen LogP contribution in [0.25, 0.3) is 0 Å². The number of ether oxygens (including phenoxy) is 10. The van der Waals surface area contributed by atoms with Crippen molar-refractivity contribution in [1.82, 2.24) is 0 Å². The van der Waals surface area contributed by atoms with Crippen LogP contribution in [0.15, 0.2) is 0 Å². The maximum absolute atomic E-state index is 11.7. The van der Waals surface area contributed by atoms with Crippen molar-refractivity contribution >= 4 is 11.9 Å². The summed E-state index contributed by atoms with van der Waals surface area (Å²) in [4.78, 5) is 23.1. The lowest BCUT2D eigenvalue weighted by Crippen LogP contribution is -2.15. The maximum atomic E-state index is 11.7. The van der Waals surface area contributed by atoms with Gasteiger partial charge in [-0.15, -0.1) is 0 Å². The van der Waals surface area contributed by atoms with E-state index in [0.29, 0.717) is 119 Å². The summed E-state index contributed by atoms with van der Waals surface area (Å²) in [6.07, 6.45) is 10.9. The zero-order valence-corrected chi connectivity index (χ0v) is 28.4. The topological polar surface area (TPSA) is 126 Å². The van der Waals surface area contributed by atoms with Gasteiger partial charge in [0.1, 0.15) is 13.2 Å². The highest BCUT2D eigenvalue weighted by molar-refractivity contribution is 5.69. The molecule has 0 aliphatic rings. The number of unbranched alkanes of at least 4 members (excludes halogenated alkanes) is 7. The molecule has 0 heterocycles. The molecule has 0 unspecified atom stereocenters. The summed E-state index contributed by atoms with van der Waals surface area (Å²) in [6.45, 7) is 12.3. The van der Waals surface area contributed by atoms with Gasteiger partial charge in [0.15, 0.2) is 0 Å². The largest absolute Gasteiger partial charge is 0.463 e. The predicted octanol–water partition coefficient (Wildman–Crippen LogP) is 4.54. The molecule has 0 saturated heterocycles. The highest BCUT2D eigenvalue weighted by Gasteiger charge is 2.03. The highest BCUT2D eigenvalue weighted by atomic mass is 16.6. The van der Waals surface area contributed by atoms with E-state index in [-0.39, 0.29) is 25.2 Å². The molecule has 0 aliphatic carbocycles. The average Bonchev–Trinajstić information content (AvgIpc) is 3.04. The van der Waals surface area contributed by atoms with E-state index in [4.69, 9.17) is 47.4 Å². The van der Waals surface area contributed by atoms with Gasteiger partial charge in [-0.2, -0.15) is 0 Å². The smallest absolute Gasteiger partial charge is 0.305 e. The van der Waals surface area contributed by atoms with E-state index in [9.17, 15) is 9.59 Å². The lowest BCUT2D eigenvalue weighted by atomic mass is 10.1. The van der Waals surface area contributed by atoms with Crippen LogP contribution >= 0.6 is 0 Å². The van der Waals surface area contributed by atoms with Crippen LogP contribution in [0.2, 0.25) is 0 Å². The number of hydrogen-bond acceptors (Lipinski definition) is 12. The van der Waals surface area contributed by atoms with Gasteiger partial charge >= 0.3 is 11.9 Å². The molecule has 0 bridgehead atoms. The molecular formula is C33H64O12. The minimum atomic E-state index is -0.161. The molecule has 0 aromatic heterocycles. The summed E-state index contributed by atoms with van der Waals surface area (Å²) in [7, 11) is 0. The molecule has 0 rings (SSSR count). The van der Waals surface area contributed by atoms with Crippen LogP contribution in [0.4, 0.5) is 0 Å². The minimum absolute atomic E-state index is 0.145. The van der Waals surface area contributed by atoms with Gasteiger partial charge in [0, 0.05) is 12.8 Å². The Hall–Kier alpha value is -1.38. The molecule has 0 N–H and O–H groups in total. The fourth-order valence-corrected chi connectivity index (χ4v) is 3.78. The molecule has 0 atom stereocenters. The summed E-state index contributed by atoms with van der Waals surface area (Å²) < 4.78 is 53.8. The van der Waals surface area contributed by atoms with Crippen molar-refractivity contribution < 1.29 is 57.0 Å². The summed E-state index contributed by atoms with van der Waals surface area (Å²) in [5.74, 6) is -0.306. The fourth-order valence-electron chi connectivity index (χ4n) is 3.78. The second-order valence-corrected chi connectivity index (χ2v) is 10.3. The van der Waals surface area contributed by atoms with Crippen LogP contribution in [0.3, 0.4) is 0 Å². The van der Waals surface area contributed by atoms with Gasteiger partial charge in [-0.1, -0.05) is 58.8 Å². The Balaban J connectivity index is 3.12. The monoisotopic (exact) mass is 652 g/mol. The standard InChI is InChI=1S/C33H64O12/c1-3-5-7-8-9-11-13-33(35)45-31-29-43-27-25-41-23-21-39-19-17-37-15-14-36-16-18-38-20-22-40-24-26-42-28-30-44-32(34)12-10-6-4-2/h3-31H2,1-2H3. The zero-order valence-electron chi connectivity index (χ0n) is 28.4. The molecule has 0 fully saturated rings. The molecule has 12 heteroatoms. The van der Waals surface area contributed by atoms with Gasteiger partial charge in [-0.25, -0.2) is 0 Å². The molecule has 268 valence electrons. The summed E-state index contributed by atoms with van der Waals surface area (Å²) in [6, 6.07) is 0. The first-order valence-corrected chi connectivity index (χ1v) is 17.1. The van der Waals surface area contributed by atoms with Crippen molar-refractivity contribution in [3.63, 3.8) is 0 Å². The molecule has 0 amide bonds. The second-order valence-electron chi connectivity index (χ2n) is 10.3. The predicted molar refractivity (Wildman–Crippen MR) is 171 cm³/mol. The molecule has 12 nitrogen and oxygen atoms in total. The zero-order chi connectivity index (χ0) is 32.7. The molecule has 0 spiro atoms. The summed E-state index contributed by atoms with van der Waals surface area (Å²) >= 11 is 0. The van der Waals surface area contributed by atoms with Crippen molar-refractivity contribution in [3.8, 4) is 0 Å². The maximum Gasteiger partial charge on any atom is 0.305 e. The first-order chi connectivity index (χ1) is 22.2. The Bertz CT molecular complexity index is 608. The van der Waals surface area contributed by atoms with Crippen molar-refractivity contribution in [2.24, 2.45) is 0 Å². The van der Waals surface area contributed by atoms with E-state index in [1.165, 1.54) is 25.7 Å². The third kappa shape index (κ3) is 38.7. The third-order valence-corrected chi connectivity index (χ3v) is 6.30. The molecule has 0 aromatic rings. The van der Waals surface area contributed by atoms with Crippen molar-refractivity contribution in [3.05, 3.63) is 0 Å². The fraction of sp³-hybridized carbons (Fsp3) is 0.939. The second kappa shape index (κ2) is 38.8. The van der Waals surface area contributed by atoms with Crippen LogP contribution in [-0.4, -0.2) is 131 Å². The molecular weight excluding hydrogens is 588 g/mol. The van der Waals surface area contributed by atoms with E-state index >= 15 is 0 Å². The molecule has 45 heavy (non-hydrogen) atoms.